The zero-order valence-electron chi connectivity index (χ0n) is 13.3. The fraction of sp³-hybridized carbons (Fsp3) is 0.263. The molecule has 0 aliphatic heterocycles. The van der Waals surface area contributed by atoms with Gasteiger partial charge in [0.05, 0.1) is 17.5 Å². The molecule has 0 radical (unpaired) electrons. The number of phenols is 1. The average Bonchev–Trinajstić information content (AvgIpc) is 2.53. The normalized spacial score (nSPS) is 14.5. The van der Waals surface area contributed by atoms with Crippen LogP contribution in [0.3, 0.4) is 0 Å². The second-order valence-electron chi connectivity index (χ2n) is 6.27. The molecule has 24 heavy (non-hydrogen) atoms. The average molecular weight is 321 g/mol. The molecular weight excluding hydrogens is 302 g/mol. The van der Waals surface area contributed by atoms with Gasteiger partial charge in [0.25, 0.3) is 0 Å². The largest absolute Gasteiger partial charge is 0.508 e. The van der Waals surface area contributed by atoms with E-state index in [1.165, 1.54) is 19.3 Å². The number of hydrogen-bond acceptors (Lipinski definition) is 5. The number of phenolic OH excluding ortho intramolecular Hbond substituents is 1. The molecule has 1 saturated carbocycles. The lowest BCUT2D eigenvalue weighted by atomic mass is 9.86. The molecule has 3 aromatic rings. The third-order valence-electron chi connectivity index (χ3n) is 4.56. The van der Waals surface area contributed by atoms with E-state index in [4.69, 9.17) is 10.5 Å². The number of nitrogen functional groups attached to an aromatic ring is 1. The van der Waals surface area contributed by atoms with Crippen LogP contribution in [0.15, 0.2) is 42.5 Å². The molecule has 0 atom stereocenters. The first-order chi connectivity index (χ1) is 11.7. The van der Waals surface area contributed by atoms with Crippen LogP contribution in [-0.4, -0.2) is 21.7 Å². The Kier molecular flexibility index (Phi) is 3.69. The zero-order valence-corrected chi connectivity index (χ0v) is 13.3. The first kappa shape index (κ1) is 14.8. The molecule has 1 aromatic heterocycles. The number of fused-ring (bicyclic) bond motifs is 1. The molecule has 0 saturated heterocycles. The second kappa shape index (κ2) is 6.00. The highest BCUT2D eigenvalue weighted by atomic mass is 16.5. The summed E-state index contributed by atoms with van der Waals surface area (Å²) in [6.45, 7) is 0.676. The predicted octanol–water partition coefficient (Wildman–Crippen LogP) is 3.76. The van der Waals surface area contributed by atoms with Gasteiger partial charge in [-0.3, -0.25) is 0 Å². The van der Waals surface area contributed by atoms with Gasteiger partial charge in [0.2, 0.25) is 11.8 Å². The SMILES string of the molecule is Nc1nc(OCC2CCC2)c2cc(-c3ccc(O)cc3)ccc2n1. The Labute approximate surface area is 140 Å². The Hall–Kier alpha value is -2.82. The Morgan fingerprint density at radius 3 is 2.50 bits per heavy atom. The molecule has 5 heteroatoms. The molecule has 122 valence electrons. The maximum absolute atomic E-state index is 9.45. The summed E-state index contributed by atoms with van der Waals surface area (Å²) in [5.74, 6) is 1.64. The van der Waals surface area contributed by atoms with Gasteiger partial charge in [-0.2, -0.15) is 4.98 Å². The second-order valence-corrected chi connectivity index (χ2v) is 6.27. The Balaban J connectivity index is 1.72. The third-order valence-corrected chi connectivity index (χ3v) is 4.56. The fourth-order valence-corrected chi connectivity index (χ4v) is 2.92. The van der Waals surface area contributed by atoms with Crippen LogP contribution in [0.2, 0.25) is 0 Å². The summed E-state index contributed by atoms with van der Waals surface area (Å²) in [6, 6.07) is 13.0. The fourth-order valence-electron chi connectivity index (χ4n) is 2.92. The topological polar surface area (TPSA) is 81.3 Å². The highest BCUT2D eigenvalue weighted by molar-refractivity contribution is 5.89. The van der Waals surface area contributed by atoms with E-state index in [1.54, 1.807) is 12.1 Å². The molecule has 1 aliphatic carbocycles. The van der Waals surface area contributed by atoms with Gasteiger partial charge in [-0.15, -0.1) is 0 Å². The van der Waals surface area contributed by atoms with Crippen LogP contribution in [0.1, 0.15) is 19.3 Å². The standard InChI is InChI=1S/C19H19N3O2/c20-19-21-17-9-6-14(13-4-7-15(23)8-5-13)10-16(17)18(22-19)24-11-12-2-1-3-12/h4-10,12,23H,1-3,11H2,(H2,20,21,22). The molecule has 4 rings (SSSR count). The van der Waals surface area contributed by atoms with Crippen molar-refractivity contribution >= 4 is 16.9 Å². The first-order valence-electron chi connectivity index (χ1n) is 8.18. The van der Waals surface area contributed by atoms with Gasteiger partial charge >= 0.3 is 0 Å². The summed E-state index contributed by atoms with van der Waals surface area (Å²) < 4.78 is 5.94. The number of nitrogens with zero attached hydrogens (tertiary/aromatic N) is 2. The number of aromatic hydroxyl groups is 1. The van der Waals surface area contributed by atoms with E-state index < -0.39 is 0 Å². The molecule has 0 bridgehead atoms. The van der Waals surface area contributed by atoms with E-state index in [-0.39, 0.29) is 11.7 Å². The quantitative estimate of drug-likeness (QED) is 0.764. The van der Waals surface area contributed by atoms with E-state index in [9.17, 15) is 5.11 Å². The minimum absolute atomic E-state index is 0.225. The lowest BCUT2D eigenvalue weighted by Crippen LogP contribution is -2.19. The van der Waals surface area contributed by atoms with Gasteiger partial charge in [0, 0.05) is 0 Å². The smallest absolute Gasteiger partial charge is 0.226 e. The Morgan fingerprint density at radius 1 is 1.04 bits per heavy atom. The van der Waals surface area contributed by atoms with E-state index in [1.807, 2.05) is 30.3 Å². The molecule has 3 N–H and O–H groups in total. The maximum atomic E-state index is 9.45. The number of hydrogen-bond donors (Lipinski definition) is 2. The third kappa shape index (κ3) is 2.85. The molecule has 1 heterocycles. The van der Waals surface area contributed by atoms with Gasteiger partial charge in [-0.1, -0.05) is 24.6 Å². The van der Waals surface area contributed by atoms with Crippen molar-refractivity contribution in [3.05, 3.63) is 42.5 Å². The molecule has 1 aliphatic rings. The van der Waals surface area contributed by atoms with Crippen LogP contribution in [0.4, 0.5) is 5.95 Å². The number of nitrogens with two attached hydrogens (primary N) is 1. The van der Waals surface area contributed by atoms with Gasteiger partial charge in [0.1, 0.15) is 5.75 Å². The van der Waals surface area contributed by atoms with Crippen LogP contribution in [0.5, 0.6) is 11.6 Å². The number of benzene rings is 2. The van der Waals surface area contributed by atoms with Crippen molar-refractivity contribution in [2.75, 3.05) is 12.3 Å². The maximum Gasteiger partial charge on any atom is 0.226 e. The van der Waals surface area contributed by atoms with Crippen molar-refractivity contribution in [1.29, 1.82) is 0 Å². The molecule has 1 fully saturated rings. The summed E-state index contributed by atoms with van der Waals surface area (Å²) >= 11 is 0. The van der Waals surface area contributed by atoms with Gasteiger partial charge in [0.15, 0.2) is 0 Å². The number of rotatable bonds is 4. The van der Waals surface area contributed by atoms with Crippen LogP contribution in [0.25, 0.3) is 22.0 Å². The van der Waals surface area contributed by atoms with Gasteiger partial charge in [-0.05, 0) is 54.2 Å². The van der Waals surface area contributed by atoms with Crippen molar-refractivity contribution in [2.45, 2.75) is 19.3 Å². The van der Waals surface area contributed by atoms with Crippen molar-refractivity contribution in [2.24, 2.45) is 5.92 Å². The van der Waals surface area contributed by atoms with E-state index in [0.29, 0.717) is 18.4 Å². The zero-order chi connectivity index (χ0) is 16.5. The highest BCUT2D eigenvalue weighted by Gasteiger charge is 2.19. The van der Waals surface area contributed by atoms with Crippen LogP contribution >= 0.6 is 0 Å². The molecule has 0 amide bonds. The van der Waals surface area contributed by atoms with Gasteiger partial charge < -0.3 is 15.6 Å². The lowest BCUT2D eigenvalue weighted by Gasteiger charge is -2.25. The van der Waals surface area contributed by atoms with Crippen molar-refractivity contribution in [3.63, 3.8) is 0 Å². The summed E-state index contributed by atoms with van der Waals surface area (Å²) in [6.07, 6.45) is 3.72. The summed E-state index contributed by atoms with van der Waals surface area (Å²) in [5, 5.41) is 10.3. The molecule has 0 unspecified atom stereocenters. The monoisotopic (exact) mass is 321 g/mol. The van der Waals surface area contributed by atoms with Crippen LogP contribution in [-0.2, 0) is 0 Å². The minimum atomic E-state index is 0.225. The van der Waals surface area contributed by atoms with Crippen molar-refractivity contribution < 1.29 is 9.84 Å². The molecule has 0 spiro atoms. The van der Waals surface area contributed by atoms with Crippen LogP contribution in [0, 0.1) is 5.92 Å². The Morgan fingerprint density at radius 2 is 1.79 bits per heavy atom. The molecule has 2 aromatic carbocycles. The number of ether oxygens (including phenoxy) is 1. The molecular formula is C19H19N3O2. The van der Waals surface area contributed by atoms with Crippen LogP contribution < -0.4 is 10.5 Å². The predicted molar refractivity (Wildman–Crippen MR) is 93.9 cm³/mol. The van der Waals surface area contributed by atoms with E-state index in [2.05, 4.69) is 9.97 Å². The number of aromatic nitrogens is 2. The lowest BCUT2D eigenvalue weighted by molar-refractivity contribution is 0.177. The summed E-state index contributed by atoms with van der Waals surface area (Å²) in [4.78, 5) is 8.58. The van der Waals surface area contributed by atoms with Crippen molar-refractivity contribution in [3.8, 4) is 22.8 Å². The minimum Gasteiger partial charge on any atom is -0.508 e. The van der Waals surface area contributed by atoms with E-state index >= 15 is 0 Å². The van der Waals surface area contributed by atoms with Crippen molar-refractivity contribution in [1.82, 2.24) is 9.97 Å². The Bertz CT molecular complexity index is 874. The van der Waals surface area contributed by atoms with E-state index in [0.717, 1.165) is 22.0 Å². The molecule has 5 nitrogen and oxygen atoms in total. The van der Waals surface area contributed by atoms with Gasteiger partial charge in [-0.25, -0.2) is 4.98 Å². The first-order valence-corrected chi connectivity index (χ1v) is 8.18. The summed E-state index contributed by atoms with van der Waals surface area (Å²) in [5.41, 5.74) is 8.61. The highest BCUT2D eigenvalue weighted by Crippen LogP contribution is 2.32. The summed E-state index contributed by atoms with van der Waals surface area (Å²) in [7, 11) is 0. The number of anilines is 1.